The first kappa shape index (κ1) is 29.5. The number of ether oxygens (including phenoxy) is 1. The van der Waals surface area contributed by atoms with Gasteiger partial charge < -0.3 is 20.1 Å². The zero-order valence-corrected chi connectivity index (χ0v) is 25.0. The summed E-state index contributed by atoms with van der Waals surface area (Å²) in [7, 11) is -6.58. The molecular weight excluding hydrogens is 596 g/mol. The fraction of sp³-hybridized carbons (Fsp3) is 0.462. The summed E-state index contributed by atoms with van der Waals surface area (Å²) < 4.78 is 75.2. The van der Waals surface area contributed by atoms with Crippen molar-refractivity contribution < 1.29 is 35.9 Å². The maximum atomic E-state index is 14.1. The van der Waals surface area contributed by atoms with Crippen LogP contribution in [0.25, 0.3) is 0 Å². The summed E-state index contributed by atoms with van der Waals surface area (Å²) in [6, 6.07) is 4.31. The molecule has 4 heterocycles. The number of aliphatic hydroxyl groups excluding tert-OH is 1. The van der Waals surface area contributed by atoms with E-state index in [1.165, 1.54) is 29.5 Å². The minimum atomic E-state index is -4.35. The molecule has 0 radical (unpaired) electrons. The first-order chi connectivity index (χ1) is 19.3. The van der Waals surface area contributed by atoms with Crippen LogP contribution in [0.15, 0.2) is 44.2 Å². The second-order valence-corrected chi connectivity index (χ2v) is 14.9. The number of amides is 1. The van der Waals surface area contributed by atoms with Gasteiger partial charge in [0.05, 0.1) is 13.4 Å². The van der Waals surface area contributed by atoms with E-state index in [2.05, 4.69) is 14.4 Å². The van der Waals surface area contributed by atoms with Gasteiger partial charge in [0.2, 0.25) is 10.0 Å². The summed E-state index contributed by atoms with van der Waals surface area (Å²) in [5, 5.41) is 15.9. The number of amidine groups is 1. The van der Waals surface area contributed by atoms with E-state index in [1.807, 2.05) is 0 Å². The summed E-state index contributed by atoms with van der Waals surface area (Å²) in [4.78, 5) is 15.5. The third kappa shape index (κ3) is 6.42. The average Bonchev–Trinajstić information content (AvgIpc) is 3.32. The molecule has 15 heteroatoms. The molecule has 11 nitrogen and oxygen atoms in total. The molecule has 1 saturated carbocycles. The number of carbonyl (C=O) groups is 1. The van der Waals surface area contributed by atoms with Crippen molar-refractivity contribution in [1.82, 2.24) is 9.62 Å². The van der Waals surface area contributed by atoms with Crippen molar-refractivity contribution in [3.63, 3.8) is 0 Å². The molecule has 1 amide bonds. The van der Waals surface area contributed by atoms with Gasteiger partial charge in [-0.25, -0.2) is 17.5 Å². The second kappa shape index (κ2) is 11.3. The Morgan fingerprint density at radius 2 is 1.95 bits per heavy atom. The van der Waals surface area contributed by atoms with E-state index in [0.717, 1.165) is 43.3 Å². The summed E-state index contributed by atoms with van der Waals surface area (Å²) >= 11 is 1.03. The number of benzene rings is 1. The molecule has 4 aliphatic rings. The van der Waals surface area contributed by atoms with Crippen LogP contribution in [0.2, 0.25) is 0 Å². The molecule has 1 aromatic carbocycles. The maximum absolute atomic E-state index is 14.1. The van der Waals surface area contributed by atoms with E-state index in [-0.39, 0.29) is 69.7 Å². The Hall–Kier alpha value is -3.01. The quantitative estimate of drug-likeness (QED) is 0.422. The predicted octanol–water partition coefficient (Wildman–Crippen LogP) is 3.51. The van der Waals surface area contributed by atoms with Gasteiger partial charge in [-0.1, -0.05) is 6.07 Å². The minimum absolute atomic E-state index is 0.0333. The fourth-order valence-electron chi connectivity index (χ4n) is 5.55. The molecule has 3 aliphatic heterocycles. The lowest BCUT2D eigenvalue weighted by Crippen LogP contribution is -2.41. The van der Waals surface area contributed by atoms with Gasteiger partial charge in [0.25, 0.3) is 15.9 Å². The number of fused-ring (bicyclic) bond motifs is 7. The molecular formula is C26H31FN4O7S3. The highest BCUT2D eigenvalue weighted by Gasteiger charge is 2.38. The van der Waals surface area contributed by atoms with E-state index in [9.17, 15) is 31.1 Å². The second-order valence-electron chi connectivity index (χ2n) is 10.6. The number of sulfonamides is 2. The zero-order valence-electron chi connectivity index (χ0n) is 22.5. The molecule has 0 saturated heterocycles. The summed E-state index contributed by atoms with van der Waals surface area (Å²) in [6.07, 6.45) is 4.67. The van der Waals surface area contributed by atoms with E-state index >= 15 is 0 Å². The van der Waals surface area contributed by atoms with Crippen LogP contribution in [0, 0.1) is 17.7 Å². The van der Waals surface area contributed by atoms with Crippen molar-refractivity contribution >= 4 is 48.1 Å². The predicted molar refractivity (Wildman–Crippen MR) is 152 cm³/mol. The number of thiophene rings is 1. The molecule has 1 aliphatic carbocycles. The monoisotopic (exact) mass is 626 g/mol. The van der Waals surface area contributed by atoms with E-state index in [4.69, 9.17) is 4.74 Å². The molecule has 3 N–H and O–H groups in total. The smallest absolute Gasteiger partial charge is 0.287 e. The summed E-state index contributed by atoms with van der Waals surface area (Å²) in [5.74, 6) is -1.27. The van der Waals surface area contributed by atoms with Gasteiger partial charge in [-0.2, -0.15) is 8.42 Å². The van der Waals surface area contributed by atoms with E-state index in [0.29, 0.717) is 12.1 Å². The Labute approximate surface area is 242 Å². The molecule has 6 rings (SSSR count). The van der Waals surface area contributed by atoms with Crippen LogP contribution in [-0.2, 0) is 37.9 Å². The number of carbonyl (C=O) groups excluding carboxylic acids is 1. The number of rotatable bonds is 7. The number of hydrogen-bond acceptors (Lipinski definition) is 9. The van der Waals surface area contributed by atoms with Crippen molar-refractivity contribution in [2.45, 2.75) is 50.1 Å². The highest BCUT2D eigenvalue weighted by Crippen LogP contribution is 2.40. The van der Waals surface area contributed by atoms with Gasteiger partial charge in [-0.15, -0.1) is 15.7 Å². The molecule has 1 fully saturated rings. The molecule has 2 bridgehead atoms. The van der Waals surface area contributed by atoms with Crippen LogP contribution in [0.5, 0.6) is 5.75 Å². The molecule has 41 heavy (non-hydrogen) atoms. The van der Waals surface area contributed by atoms with Crippen LogP contribution < -0.4 is 14.8 Å². The van der Waals surface area contributed by atoms with Crippen LogP contribution in [0.4, 0.5) is 9.39 Å². The van der Waals surface area contributed by atoms with Gasteiger partial charge in [-0.05, 0) is 60.6 Å². The zero-order chi connectivity index (χ0) is 29.5. The van der Waals surface area contributed by atoms with E-state index < -0.39 is 31.8 Å². The fourth-order valence-corrected chi connectivity index (χ4v) is 8.58. The van der Waals surface area contributed by atoms with Crippen molar-refractivity contribution in [3.05, 3.63) is 51.9 Å². The lowest BCUT2D eigenvalue weighted by molar-refractivity contribution is -0.128. The lowest BCUT2D eigenvalue weighted by atomic mass is 9.79. The minimum Gasteiger partial charge on any atom is -0.511 e. The van der Waals surface area contributed by atoms with Crippen molar-refractivity contribution in [2.24, 2.45) is 16.2 Å². The third-order valence-electron chi connectivity index (χ3n) is 7.59. The van der Waals surface area contributed by atoms with Crippen molar-refractivity contribution in [1.29, 1.82) is 0 Å². The van der Waals surface area contributed by atoms with Crippen molar-refractivity contribution in [2.75, 3.05) is 25.2 Å². The molecule has 0 unspecified atom stereocenters. The normalized spacial score (nSPS) is 24.4. The maximum Gasteiger partial charge on any atom is 0.287 e. The van der Waals surface area contributed by atoms with Crippen molar-refractivity contribution in [3.8, 4) is 5.75 Å². The van der Waals surface area contributed by atoms with Crippen LogP contribution in [0.3, 0.4) is 0 Å². The Balaban J connectivity index is 1.53. The topological polar surface area (TPSA) is 154 Å². The largest absolute Gasteiger partial charge is 0.511 e. The van der Waals surface area contributed by atoms with Crippen LogP contribution in [-0.4, -0.2) is 58.5 Å². The Morgan fingerprint density at radius 3 is 2.63 bits per heavy atom. The molecule has 1 aromatic heterocycles. The highest BCUT2D eigenvalue weighted by atomic mass is 32.2. The number of hydrogen-bond donors (Lipinski definition) is 3. The van der Waals surface area contributed by atoms with Crippen LogP contribution >= 0.6 is 11.3 Å². The Kier molecular flexibility index (Phi) is 8.16. The number of aliphatic hydroxyl groups is 1. The van der Waals surface area contributed by atoms with Gasteiger partial charge in [0, 0.05) is 31.6 Å². The molecule has 0 spiro atoms. The lowest BCUT2D eigenvalue weighted by Gasteiger charge is -2.35. The number of anilines is 1. The highest BCUT2D eigenvalue weighted by molar-refractivity contribution is 7.91. The number of nitrogens with zero attached hydrogens (tertiary/aromatic N) is 2. The van der Waals surface area contributed by atoms with Gasteiger partial charge in [-0.3, -0.25) is 4.79 Å². The SMILES string of the molecule is COc1cc(CN2CC3CCC(CC3)C/C(O)=C(/C3=NS(=O)(=O)c4c(CNS(C)(=O)=O)csc4N3)C2=O)ccc1F. The number of allylic oxidation sites excluding steroid dienone is 1. The average molecular weight is 627 g/mol. The summed E-state index contributed by atoms with van der Waals surface area (Å²) in [6.45, 7) is 0.201. The standard InChI is InChI=1S/C26H31FN4O7S3/c1-38-21-10-17(7-8-19(21)27)13-31-12-16-5-3-15(4-6-16)9-20(32)22(26(31)33)24-29-25-23(41(36,37)30-24)18(14-39-25)11-28-40(2,34)35/h7-8,10,14-16,28,32H,3-6,9,11-13H2,1-2H3,(H,29,30)/b22-20+. The van der Waals surface area contributed by atoms with E-state index in [1.54, 1.807) is 6.07 Å². The Bertz CT molecular complexity index is 1640. The molecule has 2 aromatic rings. The third-order valence-corrected chi connectivity index (χ3v) is 10.7. The first-order valence-electron chi connectivity index (χ1n) is 13.1. The summed E-state index contributed by atoms with van der Waals surface area (Å²) in [5.41, 5.74) is 0.589. The molecule has 0 atom stereocenters. The van der Waals surface area contributed by atoms with Gasteiger partial charge in [0.1, 0.15) is 21.2 Å². The number of halogens is 1. The van der Waals surface area contributed by atoms with Gasteiger partial charge >= 0.3 is 0 Å². The Morgan fingerprint density at radius 1 is 1.24 bits per heavy atom. The van der Waals surface area contributed by atoms with Crippen LogP contribution in [0.1, 0.15) is 43.2 Å². The molecule has 222 valence electrons. The number of methoxy groups -OCH3 is 1. The van der Waals surface area contributed by atoms with Gasteiger partial charge in [0.15, 0.2) is 17.4 Å². The first-order valence-corrected chi connectivity index (χ1v) is 17.3. The number of nitrogens with one attached hydrogen (secondary N) is 2.